The molecule has 1 aromatic heterocycles. The van der Waals surface area contributed by atoms with Gasteiger partial charge in [0.2, 0.25) is 5.91 Å². The smallest absolute Gasteiger partial charge is 0.240 e. The first-order valence-electron chi connectivity index (χ1n) is 7.56. The lowest BCUT2D eigenvalue weighted by Gasteiger charge is -2.14. The molecule has 1 unspecified atom stereocenters. The molecule has 1 N–H and O–H groups in total. The van der Waals surface area contributed by atoms with E-state index in [1.807, 2.05) is 16.9 Å². The summed E-state index contributed by atoms with van der Waals surface area (Å²) in [6.07, 6.45) is 2.06. The molecule has 0 aliphatic carbocycles. The molecule has 0 saturated heterocycles. The summed E-state index contributed by atoms with van der Waals surface area (Å²) < 4.78 is 2.65. The molecule has 1 heterocycles. The number of nitrogens with zero attached hydrogens (tertiary/aromatic N) is 1. The third kappa shape index (κ3) is 4.27. The van der Waals surface area contributed by atoms with E-state index < -0.39 is 0 Å². The van der Waals surface area contributed by atoms with Crippen LogP contribution in [0.3, 0.4) is 0 Å². The van der Waals surface area contributed by atoms with E-state index in [9.17, 15) is 4.79 Å². The van der Waals surface area contributed by atoms with Crippen molar-refractivity contribution in [2.75, 3.05) is 0 Å². The minimum atomic E-state index is 0.0174. The van der Waals surface area contributed by atoms with E-state index in [1.54, 1.807) is 0 Å². The third-order valence-corrected chi connectivity index (χ3v) is 4.83. The van der Waals surface area contributed by atoms with Crippen LogP contribution in [-0.2, 0) is 11.3 Å². The number of nitrogens with one attached hydrogen (secondary N) is 1. The number of aryl methyl sites for hydroxylation is 1. The van der Waals surface area contributed by atoms with Crippen molar-refractivity contribution in [3.63, 3.8) is 0 Å². The zero-order valence-electron chi connectivity index (χ0n) is 13.3. The van der Waals surface area contributed by atoms with Gasteiger partial charge in [-0.3, -0.25) is 4.79 Å². The molecule has 5 heteroatoms. The van der Waals surface area contributed by atoms with E-state index in [2.05, 4.69) is 43.4 Å². The minimum Gasteiger partial charge on any atom is -0.352 e. The van der Waals surface area contributed by atoms with Gasteiger partial charge in [0.1, 0.15) is 6.54 Å². The van der Waals surface area contributed by atoms with Gasteiger partial charge in [0.05, 0.1) is 5.69 Å². The molecule has 3 nitrogen and oxygen atoms in total. The number of rotatable bonds is 6. The Hall–Kier alpha value is -1.46. The molecule has 0 fully saturated rings. The standard InChI is InChI=1S/C17H22N2OS2/c1-4-5-13(3)18-16(20)10-19-15(11-22-17(19)21)14-8-6-12(2)7-9-14/h6-9,11,13H,4-5,10H2,1-3H3,(H,18,20). The molecule has 118 valence electrons. The fraction of sp³-hybridized carbons (Fsp3) is 0.412. The van der Waals surface area contributed by atoms with Gasteiger partial charge < -0.3 is 9.88 Å². The van der Waals surface area contributed by atoms with Gasteiger partial charge in [-0.2, -0.15) is 0 Å². The summed E-state index contributed by atoms with van der Waals surface area (Å²) in [4.78, 5) is 12.2. The van der Waals surface area contributed by atoms with E-state index in [4.69, 9.17) is 12.2 Å². The molecular weight excluding hydrogens is 312 g/mol. The SMILES string of the molecule is CCCC(C)NC(=O)Cn1c(-c2ccc(C)cc2)csc1=S. The molecular formula is C17H22N2OS2. The van der Waals surface area contributed by atoms with E-state index in [-0.39, 0.29) is 18.5 Å². The molecule has 0 bridgehead atoms. The Morgan fingerprint density at radius 1 is 1.36 bits per heavy atom. The highest BCUT2D eigenvalue weighted by atomic mass is 32.1. The van der Waals surface area contributed by atoms with Crippen molar-refractivity contribution in [2.45, 2.75) is 46.2 Å². The fourth-order valence-electron chi connectivity index (χ4n) is 2.40. The van der Waals surface area contributed by atoms with Crippen LogP contribution in [0.1, 0.15) is 32.3 Å². The van der Waals surface area contributed by atoms with Crippen LogP contribution in [0, 0.1) is 10.9 Å². The summed E-state index contributed by atoms with van der Waals surface area (Å²) in [5.41, 5.74) is 3.32. The van der Waals surface area contributed by atoms with Gasteiger partial charge in [0.25, 0.3) is 0 Å². The highest BCUT2D eigenvalue weighted by molar-refractivity contribution is 7.73. The summed E-state index contributed by atoms with van der Waals surface area (Å²) in [7, 11) is 0. The number of carbonyl (C=O) groups excluding carboxylic acids is 1. The summed E-state index contributed by atoms with van der Waals surface area (Å²) >= 11 is 6.88. The average Bonchev–Trinajstić information content (AvgIpc) is 2.81. The minimum absolute atomic E-state index is 0.0174. The Bertz CT molecular complexity index is 685. The fourth-order valence-corrected chi connectivity index (χ4v) is 3.47. The van der Waals surface area contributed by atoms with Crippen LogP contribution in [0.4, 0.5) is 0 Å². The highest BCUT2D eigenvalue weighted by Crippen LogP contribution is 2.24. The van der Waals surface area contributed by atoms with E-state index >= 15 is 0 Å². The van der Waals surface area contributed by atoms with E-state index in [0.29, 0.717) is 0 Å². The number of benzene rings is 1. The number of thiazole rings is 1. The first kappa shape index (κ1) is 16.9. The Labute approximate surface area is 141 Å². The lowest BCUT2D eigenvalue weighted by molar-refractivity contribution is -0.122. The lowest BCUT2D eigenvalue weighted by atomic mass is 10.1. The average molecular weight is 335 g/mol. The second-order valence-electron chi connectivity index (χ2n) is 5.60. The molecule has 0 aliphatic rings. The van der Waals surface area contributed by atoms with Crippen molar-refractivity contribution >= 4 is 29.5 Å². The van der Waals surface area contributed by atoms with Crippen molar-refractivity contribution < 1.29 is 4.79 Å². The molecule has 1 amide bonds. The van der Waals surface area contributed by atoms with Gasteiger partial charge in [0, 0.05) is 11.4 Å². The lowest BCUT2D eigenvalue weighted by Crippen LogP contribution is -2.35. The van der Waals surface area contributed by atoms with Crippen LogP contribution >= 0.6 is 23.6 Å². The molecule has 2 aromatic rings. The van der Waals surface area contributed by atoms with Crippen LogP contribution in [-0.4, -0.2) is 16.5 Å². The van der Waals surface area contributed by atoms with Crippen molar-refractivity contribution in [1.82, 2.24) is 9.88 Å². The van der Waals surface area contributed by atoms with Gasteiger partial charge in [0.15, 0.2) is 3.95 Å². The van der Waals surface area contributed by atoms with Gasteiger partial charge in [-0.25, -0.2) is 0 Å². The summed E-state index contributed by atoms with van der Waals surface area (Å²) in [5.74, 6) is 0.0174. The second kappa shape index (κ2) is 7.70. The molecule has 0 aliphatic heterocycles. The number of hydrogen-bond donors (Lipinski definition) is 1. The molecule has 0 spiro atoms. The molecule has 1 aromatic carbocycles. The van der Waals surface area contributed by atoms with Crippen molar-refractivity contribution in [2.24, 2.45) is 0 Å². The monoisotopic (exact) mass is 334 g/mol. The van der Waals surface area contributed by atoms with Crippen LogP contribution in [0.2, 0.25) is 0 Å². The predicted octanol–water partition coefficient (Wildman–Crippen LogP) is 4.56. The highest BCUT2D eigenvalue weighted by Gasteiger charge is 2.12. The molecule has 22 heavy (non-hydrogen) atoms. The van der Waals surface area contributed by atoms with Crippen LogP contribution in [0.25, 0.3) is 11.3 Å². The Kier molecular flexibility index (Phi) is 5.91. The molecule has 2 rings (SSSR count). The first-order chi connectivity index (χ1) is 10.5. The molecule has 0 radical (unpaired) electrons. The van der Waals surface area contributed by atoms with Gasteiger partial charge in [-0.15, -0.1) is 11.3 Å². The maximum Gasteiger partial charge on any atom is 0.240 e. The maximum atomic E-state index is 12.2. The topological polar surface area (TPSA) is 34.0 Å². The van der Waals surface area contributed by atoms with Gasteiger partial charge in [-0.1, -0.05) is 43.2 Å². The van der Waals surface area contributed by atoms with Gasteiger partial charge in [-0.05, 0) is 38.0 Å². The zero-order valence-corrected chi connectivity index (χ0v) is 14.9. The Balaban J connectivity index is 2.18. The predicted molar refractivity (Wildman–Crippen MR) is 95.8 cm³/mol. The largest absolute Gasteiger partial charge is 0.352 e. The third-order valence-electron chi connectivity index (χ3n) is 3.56. The Morgan fingerprint density at radius 3 is 2.68 bits per heavy atom. The van der Waals surface area contributed by atoms with E-state index in [0.717, 1.165) is 28.1 Å². The Morgan fingerprint density at radius 2 is 2.05 bits per heavy atom. The van der Waals surface area contributed by atoms with Gasteiger partial charge >= 0.3 is 0 Å². The second-order valence-corrected chi connectivity index (χ2v) is 7.10. The van der Waals surface area contributed by atoms with Crippen molar-refractivity contribution in [3.8, 4) is 11.3 Å². The first-order valence-corrected chi connectivity index (χ1v) is 8.84. The van der Waals surface area contributed by atoms with Crippen LogP contribution in [0.5, 0.6) is 0 Å². The van der Waals surface area contributed by atoms with Crippen molar-refractivity contribution in [1.29, 1.82) is 0 Å². The number of hydrogen-bond acceptors (Lipinski definition) is 3. The normalized spacial score (nSPS) is 12.1. The number of amides is 1. The number of carbonyl (C=O) groups is 1. The van der Waals surface area contributed by atoms with Crippen molar-refractivity contribution in [3.05, 3.63) is 39.2 Å². The summed E-state index contributed by atoms with van der Waals surface area (Å²) in [6, 6.07) is 8.49. The quantitative estimate of drug-likeness (QED) is 0.786. The number of aromatic nitrogens is 1. The summed E-state index contributed by atoms with van der Waals surface area (Å²) in [6.45, 7) is 6.49. The molecule has 0 saturated carbocycles. The van der Waals surface area contributed by atoms with Crippen LogP contribution in [0.15, 0.2) is 29.6 Å². The van der Waals surface area contributed by atoms with E-state index in [1.165, 1.54) is 16.9 Å². The maximum absolute atomic E-state index is 12.2. The summed E-state index contributed by atoms with van der Waals surface area (Å²) in [5, 5.41) is 5.06. The van der Waals surface area contributed by atoms with Crippen LogP contribution < -0.4 is 5.32 Å². The zero-order chi connectivity index (χ0) is 16.1. The molecule has 1 atom stereocenters.